The summed E-state index contributed by atoms with van der Waals surface area (Å²) in [6.45, 7) is 2.18. The van der Waals surface area contributed by atoms with Gasteiger partial charge in [0, 0.05) is 26.6 Å². The summed E-state index contributed by atoms with van der Waals surface area (Å²) in [4.78, 5) is 11.0. The van der Waals surface area contributed by atoms with Gasteiger partial charge in [0.2, 0.25) is 5.91 Å². The van der Waals surface area contributed by atoms with Crippen molar-refractivity contribution in [1.82, 2.24) is 10.4 Å². The first-order valence-electron chi connectivity index (χ1n) is 3.25. The Labute approximate surface area is 61.3 Å². The molecule has 1 unspecified atom stereocenters. The van der Waals surface area contributed by atoms with Crippen molar-refractivity contribution in [3.8, 4) is 0 Å². The molecule has 10 heavy (non-hydrogen) atoms. The van der Waals surface area contributed by atoms with Crippen molar-refractivity contribution >= 4 is 5.91 Å². The summed E-state index contributed by atoms with van der Waals surface area (Å²) in [6.07, 6.45) is 0. The predicted molar refractivity (Wildman–Crippen MR) is 40.0 cm³/mol. The van der Waals surface area contributed by atoms with Gasteiger partial charge in [-0.3, -0.25) is 10.2 Å². The zero-order valence-corrected chi connectivity index (χ0v) is 6.72. The van der Waals surface area contributed by atoms with Gasteiger partial charge in [-0.15, -0.1) is 0 Å². The molecule has 0 aromatic carbocycles. The van der Waals surface area contributed by atoms with Crippen LogP contribution in [-0.4, -0.2) is 31.6 Å². The number of hydrazine groups is 1. The molecule has 0 aliphatic rings. The number of carbonyl (C=O) groups excluding carboxylic acids is 1. The zero-order valence-electron chi connectivity index (χ0n) is 6.72. The van der Waals surface area contributed by atoms with Crippen molar-refractivity contribution in [2.75, 3.05) is 20.6 Å². The SMILES string of the molecule is CC(CN)C(=O)NN(C)C. The molecule has 0 aromatic rings. The third-order valence-electron chi connectivity index (χ3n) is 1.13. The van der Waals surface area contributed by atoms with Crippen molar-refractivity contribution in [2.45, 2.75) is 6.92 Å². The highest BCUT2D eigenvalue weighted by Crippen LogP contribution is 1.89. The molecule has 0 radical (unpaired) electrons. The molecule has 0 aliphatic heterocycles. The van der Waals surface area contributed by atoms with E-state index in [4.69, 9.17) is 5.73 Å². The van der Waals surface area contributed by atoms with Gasteiger partial charge >= 0.3 is 0 Å². The molecule has 3 N–H and O–H groups in total. The number of amides is 1. The Morgan fingerprint density at radius 2 is 2.20 bits per heavy atom. The Morgan fingerprint density at radius 1 is 1.70 bits per heavy atom. The summed E-state index contributed by atoms with van der Waals surface area (Å²) in [7, 11) is 3.53. The highest BCUT2D eigenvalue weighted by Gasteiger charge is 2.09. The second-order valence-corrected chi connectivity index (χ2v) is 2.51. The van der Waals surface area contributed by atoms with Gasteiger partial charge in [0.05, 0.1) is 0 Å². The molecule has 60 valence electrons. The molecule has 4 heteroatoms. The van der Waals surface area contributed by atoms with E-state index < -0.39 is 0 Å². The van der Waals surface area contributed by atoms with Gasteiger partial charge in [0.1, 0.15) is 0 Å². The van der Waals surface area contributed by atoms with Gasteiger partial charge in [-0.05, 0) is 0 Å². The third kappa shape index (κ3) is 3.42. The largest absolute Gasteiger partial charge is 0.330 e. The fourth-order valence-corrected chi connectivity index (χ4v) is 0.438. The maximum atomic E-state index is 11.0. The number of nitrogens with two attached hydrogens (primary N) is 1. The van der Waals surface area contributed by atoms with Crippen molar-refractivity contribution in [2.24, 2.45) is 11.7 Å². The first-order valence-corrected chi connectivity index (χ1v) is 3.25. The second kappa shape index (κ2) is 4.24. The number of rotatable bonds is 3. The highest BCUT2D eigenvalue weighted by atomic mass is 16.2. The van der Waals surface area contributed by atoms with Crippen LogP contribution >= 0.6 is 0 Å². The van der Waals surface area contributed by atoms with Crippen LogP contribution in [0, 0.1) is 5.92 Å². The Kier molecular flexibility index (Phi) is 3.99. The van der Waals surface area contributed by atoms with Crippen LogP contribution in [0.25, 0.3) is 0 Å². The number of nitrogens with zero attached hydrogens (tertiary/aromatic N) is 1. The van der Waals surface area contributed by atoms with Crippen LogP contribution in [0.4, 0.5) is 0 Å². The molecule has 0 saturated heterocycles. The minimum atomic E-state index is -0.109. The molecule has 0 bridgehead atoms. The number of nitrogens with one attached hydrogen (secondary N) is 1. The Bertz CT molecular complexity index is 114. The number of hydrogen-bond donors (Lipinski definition) is 2. The monoisotopic (exact) mass is 145 g/mol. The fourth-order valence-electron chi connectivity index (χ4n) is 0.438. The zero-order chi connectivity index (χ0) is 8.15. The molecular formula is C6H15N3O. The number of carbonyl (C=O) groups is 1. The summed E-state index contributed by atoms with van der Waals surface area (Å²) in [6, 6.07) is 0. The van der Waals surface area contributed by atoms with E-state index in [1.807, 2.05) is 0 Å². The fraction of sp³-hybridized carbons (Fsp3) is 0.833. The van der Waals surface area contributed by atoms with E-state index in [9.17, 15) is 4.79 Å². The lowest BCUT2D eigenvalue weighted by atomic mass is 10.2. The molecule has 1 amide bonds. The average molecular weight is 145 g/mol. The van der Waals surface area contributed by atoms with E-state index in [0.717, 1.165) is 0 Å². The average Bonchev–Trinajstić information content (AvgIpc) is 1.85. The summed E-state index contributed by atoms with van der Waals surface area (Å²) in [5, 5.41) is 1.61. The standard InChI is InChI=1S/C6H15N3O/c1-5(4-7)6(10)8-9(2)3/h5H,4,7H2,1-3H3,(H,8,10). The molecule has 4 nitrogen and oxygen atoms in total. The molecule has 1 atom stereocenters. The van der Waals surface area contributed by atoms with Crippen LogP contribution in [0.15, 0.2) is 0 Å². The quantitative estimate of drug-likeness (QED) is 0.510. The molecule has 0 spiro atoms. The molecule has 0 rings (SSSR count). The van der Waals surface area contributed by atoms with Gasteiger partial charge in [0.15, 0.2) is 0 Å². The van der Waals surface area contributed by atoms with Crippen molar-refractivity contribution in [3.63, 3.8) is 0 Å². The summed E-state index contributed by atoms with van der Waals surface area (Å²) in [5.74, 6) is -0.144. The van der Waals surface area contributed by atoms with Gasteiger partial charge < -0.3 is 5.73 Å². The molecule has 0 saturated carbocycles. The predicted octanol–water partition coefficient (Wildman–Crippen LogP) is -0.826. The molecule has 0 fully saturated rings. The normalized spacial score (nSPS) is 13.3. The molecule has 0 aliphatic carbocycles. The summed E-state index contributed by atoms with van der Waals surface area (Å²) >= 11 is 0. The van der Waals surface area contributed by atoms with Crippen LogP contribution in [0.2, 0.25) is 0 Å². The lowest BCUT2D eigenvalue weighted by Gasteiger charge is -2.14. The smallest absolute Gasteiger partial charge is 0.238 e. The molecular weight excluding hydrogens is 130 g/mol. The summed E-state index contributed by atoms with van der Waals surface area (Å²) < 4.78 is 0. The first kappa shape index (κ1) is 9.39. The van der Waals surface area contributed by atoms with E-state index in [0.29, 0.717) is 6.54 Å². The topological polar surface area (TPSA) is 58.4 Å². The lowest BCUT2D eigenvalue weighted by molar-refractivity contribution is -0.128. The molecule has 0 heterocycles. The van der Waals surface area contributed by atoms with E-state index in [1.165, 1.54) is 0 Å². The van der Waals surface area contributed by atoms with Crippen LogP contribution in [0.5, 0.6) is 0 Å². The van der Waals surface area contributed by atoms with Crippen molar-refractivity contribution in [3.05, 3.63) is 0 Å². The first-order chi connectivity index (χ1) is 4.57. The van der Waals surface area contributed by atoms with Gasteiger partial charge in [-0.1, -0.05) is 6.92 Å². The van der Waals surface area contributed by atoms with Crippen molar-refractivity contribution in [1.29, 1.82) is 0 Å². The van der Waals surface area contributed by atoms with E-state index in [1.54, 1.807) is 26.0 Å². The maximum Gasteiger partial charge on any atom is 0.238 e. The van der Waals surface area contributed by atoms with Crippen LogP contribution in [0.1, 0.15) is 6.92 Å². The molecule has 0 aromatic heterocycles. The van der Waals surface area contributed by atoms with Gasteiger partial charge in [0.25, 0.3) is 0 Å². The van der Waals surface area contributed by atoms with Gasteiger partial charge in [-0.25, -0.2) is 5.01 Å². The van der Waals surface area contributed by atoms with Gasteiger partial charge in [-0.2, -0.15) is 0 Å². The lowest BCUT2D eigenvalue weighted by Crippen LogP contribution is -2.41. The third-order valence-corrected chi connectivity index (χ3v) is 1.13. The van der Waals surface area contributed by atoms with E-state index in [-0.39, 0.29) is 11.8 Å². The Hall–Kier alpha value is -0.610. The number of hydrogen-bond acceptors (Lipinski definition) is 3. The van der Waals surface area contributed by atoms with E-state index in [2.05, 4.69) is 5.43 Å². The Balaban J connectivity index is 3.62. The van der Waals surface area contributed by atoms with E-state index >= 15 is 0 Å². The van der Waals surface area contributed by atoms with Crippen LogP contribution in [-0.2, 0) is 4.79 Å². The maximum absolute atomic E-state index is 11.0. The highest BCUT2D eigenvalue weighted by molar-refractivity contribution is 5.77. The minimum absolute atomic E-state index is 0.0347. The summed E-state index contributed by atoms with van der Waals surface area (Å²) in [5.41, 5.74) is 7.88. The minimum Gasteiger partial charge on any atom is -0.330 e. The second-order valence-electron chi connectivity index (χ2n) is 2.51. The van der Waals surface area contributed by atoms with Crippen molar-refractivity contribution < 1.29 is 4.79 Å². The van der Waals surface area contributed by atoms with Crippen LogP contribution in [0.3, 0.4) is 0 Å². The van der Waals surface area contributed by atoms with Crippen LogP contribution < -0.4 is 11.2 Å². The Morgan fingerprint density at radius 3 is 2.50 bits per heavy atom.